The van der Waals surface area contributed by atoms with Gasteiger partial charge in [0, 0.05) is 5.69 Å². The van der Waals surface area contributed by atoms with Crippen LogP contribution in [0.25, 0.3) is 0 Å². The molecule has 0 unspecified atom stereocenters. The lowest BCUT2D eigenvalue weighted by molar-refractivity contribution is -0.120. The summed E-state index contributed by atoms with van der Waals surface area (Å²) in [7, 11) is -3.81. The molecule has 2 rings (SSSR count). The highest BCUT2D eigenvalue weighted by Gasteiger charge is 2.34. The third kappa shape index (κ3) is 6.34. The molecule has 0 fully saturated rings. The molecule has 26 heavy (non-hydrogen) atoms. The molecule has 2 aromatic carbocycles. The zero-order valence-electron chi connectivity index (χ0n) is 13.3. The minimum atomic E-state index is -3.81. The van der Waals surface area contributed by atoms with Crippen molar-refractivity contribution in [3.8, 4) is 0 Å². The van der Waals surface area contributed by atoms with Crippen LogP contribution in [0.3, 0.4) is 0 Å². The molecule has 0 radical (unpaired) electrons. The molecule has 10 heteroatoms. The van der Waals surface area contributed by atoms with Gasteiger partial charge in [-0.25, -0.2) is 13.6 Å². The predicted molar refractivity (Wildman–Crippen MR) is 104 cm³/mol. The molecule has 0 aliphatic heterocycles. The summed E-state index contributed by atoms with van der Waals surface area (Å²) in [4.78, 5) is 12.2. The van der Waals surface area contributed by atoms with Gasteiger partial charge >= 0.3 is 0 Å². The zero-order chi connectivity index (χ0) is 19.4. The third-order valence-electron chi connectivity index (χ3n) is 3.33. The molecular formula is C16H16Cl3N3O3S. The summed E-state index contributed by atoms with van der Waals surface area (Å²) >= 11 is 17.8. The average Bonchev–Trinajstić information content (AvgIpc) is 2.54. The molecule has 0 aromatic heterocycles. The van der Waals surface area contributed by atoms with E-state index in [1.165, 1.54) is 24.3 Å². The highest BCUT2D eigenvalue weighted by Crippen LogP contribution is 2.31. The van der Waals surface area contributed by atoms with Crippen molar-refractivity contribution < 1.29 is 13.2 Å². The first-order valence-electron chi connectivity index (χ1n) is 7.35. The Kier molecular flexibility index (Phi) is 6.76. The van der Waals surface area contributed by atoms with Crippen LogP contribution in [0.4, 0.5) is 5.69 Å². The van der Waals surface area contributed by atoms with Gasteiger partial charge in [0.2, 0.25) is 19.7 Å². The van der Waals surface area contributed by atoms with Gasteiger partial charge in [-0.3, -0.25) is 4.79 Å². The van der Waals surface area contributed by atoms with Crippen molar-refractivity contribution in [2.75, 3.05) is 5.32 Å². The molecule has 0 aliphatic carbocycles. The number of primary sulfonamides is 1. The molecule has 0 bridgehead atoms. The monoisotopic (exact) mass is 435 g/mol. The number of carbonyl (C=O) groups is 1. The van der Waals surface area contributed by atoms with Gasteiger partial charge in [-0.05, 0) is 29.8 Å². The van der Waals surface area contributed by atoms with Gasteiger partial charge in [-0.2, -0.15) is 0 Å². The van der Waals surface area contributed by atoms with Gasteiger partial charge in [0.15, 0.2) is 0 Å². The number of nitrogens with two attached hydrogens (primary N) is 1. The molecule has 140 valence electrons. The molecule has 6 nitrogen and oxygen atoms in total. The van der Waals surface area contributed by atoms with Crippen molar-refractivity contribution in [1.29, 1.82) is 0 Å². The summed E-state index contributed by atoms with van der Waals surface area (Å²) in [6.45, 7) is 0. The van der Waals surface area contributed by atoms with Gasteiger partial charge in [-0.1, -0.05) is 65.1 Å². The summed E-state index contributed by atoms with van der Waals surface area (Å²) in [5.74, 6) is -0.346. The summed E-state index contributed by atoms with van der Waals surface area (Å²) in [5.41, 5.74) is 1.25. The molecule has 1 amide bonds. The molecule has 0 spiro atoms. The van der Waals surface area contributed by atoms with Crippen LogP contribution in [0.5, 0.6) is 0 Å². The number of amides is 1. The molecule has 0 aliphatic rings. The van der Waals surface area contributed by atoms with Crippen molar-refractivity contribution in [3.05, 3.63) is 60.2 Å². The second-order valence-electron chi connectivity index (χ2n) is 5.42. The van der Waals surface area contributed by atoms with Crippen LogP contribution in [0.1, 0.15) is 5.56 Å². The molecule has 0 saturated heterocycles. The average molecular weight is 437 g/mol. The number of rotatable bonds is 6. The van der Waals surface area contributed by atoms with Crippen molar-refractivity contribution in [3.63, 3.8) is 0 Å². The third-order valence-corrected chi connectivity index (χ3v) is 4.92. The number of hydrogen-bond donors (Lipinski definition) is 3. The maximum atomic E-state index is 12.2. The van der Waals surface area contributed by atoms with E-state index in [9.17, 15) is 13.2 Å². The summed E-state index contributed by atoms with van der Waals surface area (Å²) < 4.78 is 20.7. The Balaban J connectivity index is 2.09. The van der Waals surface area contributed by atoms with Gasteiger partial charge in [-0.15, -0.1) is 0 Å². The fourth-order valence-corrected chi connectivity index (χ4v) is 2.94. The topological polar surface area (TPSA) is 101 Å². The van der Waals surface area contributed by atoms with Crippen LogP contribution in [0.2, 0.25) is 0 Å². The van der Waals surface area contributed by atoms with Gasteiger partial charge in [0.25, 0.3) is 0 Å². The standard InChI is InChI=1S/C16H16Cl3N3O3S/c17-16(18,19)15(22-14(23)10-11-4-2-1-3-5-11)21-12-6-8-13(9-7-12)26(20,24)25/h1-9,15,21H,10H2,(H,22,23)(H2,20,24,25)/t15-/m1/s1. The Morgan fingerprint density at radius 1 is 1.04 bits per heavy atom. The second-order valence-corrected chi connectivity index (χ2v) is 9.35. The van der Waals surface area contributed by atoms with Crippen LogP contribution in [-0.2, 0) is 21.2 Å². The minimum Gasteiger partial charge on any atom is -0.362 e. The van der Waals surface area contributed by atoms with Gasteiger partial charge < -0.3 is 10.6 Å². The van der Waals surface area contributed by atoms with E-state index in [4.69, 9.17) is 39.9 Å². The van der Waals surface area contributed by atoms with Crippen molar-refractivity contribution >= 4 is 56.4 Å². The van der Waals surface area contributed by atoms with E-state index in [1.807, 2.05) is 30.3 Å². The molecular weight excluding hydrogens is 421 g/mol. The molecule has 2 aromatic rings. The van der Waals surface area contributed by atoms with Gasteiger partial charge in [0.1, 0.15) is 6.17 Å². The number of halogens is 3. The van der Waals surface area contributed by atoms with Crippen LogP contribution in [0, 0.1) is 0 Å². The Labute approximate surface area is 166 Å². The summed E-state index contributed by atoms with van der Waals surface area (Å²) in [5, 5.41) is 10.5. The fourth-order valence-electron chi connectivity index (χ4n) is 2.10. The van der Waals surface area contributed by atoms with E-state index in [2.05, 4.69) is 10.6 Å². The largest absolute Gasteiger partial charge is 0.362 e. The summed E-state index contributed by atoms with van der Waals surface area (Å²) in [6.07, 6.45) is -0.923. The Bertz CT molecular complexity index is 854. The van der Waals surface area contributed by atoms with Crippen molar-refractivity contribution in [2.24, 2.45) is 5.14 Å². The smallest absolute Gasteiger partial charge is 0.238 e. The summed E-state index contributed by atoms with van der Waals surface area (Å²) in [6, 6.07) is 14.6. The van der Waals surface area contributed by atoms with E-state index in [0.717, 1.165) is 5.56 Å². The Hall–Kier alpha value is -1.51. The number of nitrogens with one attached hydrogen (secondary N) is 2. The first kappa shape index (κ1) is 20.8. The van der Waals surface area contributed by atoms with Crippen LogP contribution >= 0.6 is 34.8 Å². The van der Waals surface area contributed by atoms with Crippen LogP contribution in [0.15, 0.2) is 59.5 Å². The van der Waals surface area contributed by atoms with Gasteiger partial charge in [0.05, 0.1) is 11.3 Å². The SMILES string of the molecule is NS(=O)(=O)c1ccc(N[C@H](NC(=O)Cc2ccccc2)C(Cl)(Cl)Cl)cc1. The Morgan fingerprint density at radius 3 is 2.12 bits per heavy atom. The number of alkyl halides is 3. The van der Waals surface area contributed by atoms with Crippen LogP contribution < -0.4 is 15.8 Å². The lowest BCUT2D eigenvalue weighted by atomic mass is 10.1. The number of anilines is 1. The van der Waals surface area contributed by atoms with E-state index >= 15 is 0 Å². The maximum absolute atomic E-state index is 12.2. The fraction of sp³-hybridized carbons (Fsp3) is 0.188. The lowest BCUT2D eigenvalue weighted by Crippen LogP contribution is -2.49. The van der Waals surface area contributed by atoms with Crippen molar-refractivity contribution in [1.82, 2.24) is 5.32 Å². The van der Waals surface area contributed by atoms with Crippen molar-refractivity contribution in [2.45, 2.75) is 21.3 Å². The Morgan fingerprint density at radius 2 is 1.62 bits per heavy atom. The normalized spacial score (nSPS) is 13.1. The lowest BCUT2D eigenvalue weighted by Gasteiger charge is -2.27. The molecule has 0 heterocycles. The first-order chi connectivity index (χ1) is 12.1. The molecule has 0 saturated carbocycles. The second kappa shape index (κ2) is 8.45. The van der Waals surface area contributed by atoms with E-state index in [-0.39, 0.29) is 17.2 Å². The number of carbonyl (C=O) groups excluding carboxylic acids is 1. The molecule has 1 atom stereocenters. The van der Waals surface area contributed by atoms with Crippen LogP contribution in [-0.4, -0.2) is 24.3 Å². The van der Waals surface area contributed by atoms with E-state index in [1.54, 1.807) is 0 Å². The highest BCUT2D eigenvalue weighted by molar-refractivity contribution is 7.89. The highest BCUT2D eigenvalue weighted by atomic mass is 35.6. The minimum absolute atomic E-state index is 0.0541. The predicted octanol–water partition coefficient (Wildman–Crippen LogP) is 2.80. The number of benzene rings is 2. The van der Waals surface area contributed by atoms with E-state index in [0.29, 0.717) is 5.69 Å². The number of hydrogen-bond acceptors (Lipinski definition) is 4. The van der Waals surface area contributed by atoms with E-state index < -0.39 is 20.0 Å². The quantitative estimate of drug-likeness (QED) is 0.479. The maximum Gasteiger partial charge on any atom is 0.238 e. The number of sulfonamides is 1. The molecule has 4 N–H and O–H groups in total. The zero-order valence-corrected chi connectivity index (χ0v) is 16.4. The first-order valence-corrected chi connectivity index (χ1v) is 10.0.